The lowest BCUT2D eigenvalue weighted by Crippen LogP contribution is -2.49. The maximum atomic E-state index is 12.8. The molecule has 0 unspecified atom stereocenters. The highest BCUT2D eigenvalue weighted by molar-refractivity contribution is 6.30. The van der Waals surface area contributed by atoms with Gasteiger partial charge in [0.2, 0.25) is 5.95 Å². The molecule has 1 amide bonds. The molecule has 2 heterocycles. The maximum absolute atomic E-state index is 12.8. The molecular weight excluding hydrogens is 424 g/mol. The van der Waals surface area contributed by atoms with Crippen molar-refractivity contribution in [2.75, 3.05) is 18.4 Å². The van der Waals surface area contributed by atoms with Crippen LogP contribution in [0.1, 0.15) is 45.6 Å². The number of anilines is 1. The Balaban J connectivity index is 1.55. The summed E-state index contributed by atoms with van der Waals surface area (Å²) in [5.41, 5.74) is 2.60. The number of fused-ring (bicyclic) bond motifs is 1. The molecule has 1 saturated heterocycles. The van der Waals surface area contributed by atoms with Crippen LogP contribution < -0.4 is 5.32 Å². The zero-order chi connectivity index (χ0) is 22.7. The van der Waals surface area contributed by atoms with Crippen molar-refractivity contribution in [3.63, 3.8) is 0 Å². The van der Waals surface area contributed by atoms with E-state index in [1.165, 1.54) is 0 Å². The summed E-state index contributed by atoms with van der Waals surface area (Å²) in [6.07, 6.45) is 2.81. The van der Waals surface area contributed by atoms with Crippen LogP contribution in [0.3, 0.4) is 0 Å². The number of hydrogen-bond donors (Lipinski definition) is 1. The molecule has 0 spiro atoms. The number of para-hydroxylation sites is 2. The first-order valence-electron chi connectivity index (χ1n) is 11.2. The molecule has 0 radical (unpaired) electrons. The average Bonchev–Trinajstić information content (AvgIpc) is 3.09. The largest absolute Gasteiger partial charge is 0.444 e. The van der Waals surface area contributed by atoms with Crippen LogP contribution in [0.5, 0.6) is 0 Å². The molecule has 3 aromatic rings. The van der Waals surface area contributed by atoms with Gasteiger partial charge in [0.05, 0.1) is 23.6 Å². The number of hydrogen-bond acceptors (Lipinski definition) is 4. The van der Waals surface area contributed by atoms with Gasteiger partial charge in [0.15, 0.2) is 0 Å². The third-order valence-electron chi connectivity index (χ3n) is 5.64. The molecule has 4 rings (SSSR count). The van der Waals surface area contributed by atoms with Crippen LogP contribution in [0.2, 0.25) is 5.02 Å². The number of benzene rings is 2. The van der Waals surface area contributed by atoms with Crippen LogP contribution >= 0.6 is 11.6 Å². The van der Waals surface area contributed by atoms with Crippen LogP contribution in [-0.4, -0.2) is 45.3 Å². The van der Waals surface area contributed by atoms with Crippen LogP contribution in [0.4, 0.5) is 10.7 Å². The third kappa shape index (κ3) is 5.36. The van der Waals surface area contributed by atoms with Crippen molar-refractivity contribution in [1.29, 1.82) is 0 Å². The van der Waals surface area contributed by atoms with E-state index in [9.17, 15) is 4.79 Å². The van der Waals surface area contributed by atoms with Crippen molar-refractivity contribution in [3.05, 3.63) is 59.1 Å². The lowest BCUT2D eigenvalue weighted by molar-refractivity contribution is 0.0114. The summed E-state index contributed by atoms with van der Waals surface area (Å²) in [5, 5.41) is 4.24. The van der Waals surface area contributed by atoms with E-state index < -0.39 is 5.60 Å². The topological polar surface area (TPSA) is 59.4 Å². The second-order valence-corrected chi connectivity index (χ2v) is 9.78. The Morgan fingerprint density at radius 1 is 1.19 bits per heavy atom. The standard InChI is InChI=1S/C25H31ClN4O2/c1-25(2,3)32-24(31)29-14-7-6-11-20(29)16-27-23-28-21-12-4-5-13-22(21)30(23)17-18-9-8-10-19(26)15-18/h4-5,8-10,12-13,15,20H,6-7,11,14,16-17H2,1-3H3,(H,27,28)/t20-/m0/s1. The number of aromatic nitrogens is 2. The number of imidazole rings is 1. The van der Waals surface area contributed by atoms with E-state index in [2.05, 4.69) is 22.0 Å². The molecule has 7 heteroatoms. The molecule has 6 nitrogen and oxygen atoms in total. The Kier molecular flexibility index (Phi) is 6.60. The number of ether oxygens (including phenoxy) is 1. The van der Waals surface area contributed by atoms with Gasteiger partial charge in [-0.1, -0.05) is 35.9 Å². The fourth-order valence-corrected chi connectivity index (χ4v) is 4.38. The van der Waals surface area contributed by atoms with Gasteiger partial charge in [-0.3, -0.25) is 0 Å². The SMILES string of the molecule is CC(C)(C)OC(=O)N1CCCC[C@H]1CNc1nc2ccccc2n1Cc1cccc(Cl)c1. The van der Waals surface area contributed by atoms with Gasteiger partial charge in [-0.25, -0.2) is 9.78 Å². The van der Waals surface area contributed by atoms with Gasteiger partial charge in [0.25, 0.3) is 0 Å². The van der Waals surface area contributed by atoms with E-state index in [-0.39, 0.29) is 12.1 Å². The predicted octanol–water partition coefficient (Wildman–Crippen LogP) is 5.94. The number of carbonyl (C=O) groups is 1. The monoisotopic (exact) mass is 454 g/mol. The molecule has 32 heavy (non-hydrogen) atoms. The summed E-state index contributed by atoms with van der Waals surface area (Å²) in [5.74, 6) is 0.792. The molecule has 1 aliphatic heterocycles. The fourth-order valence-electron chi connectivity index (χ4n) is 4.17. The highest BCUT2D eigenvalue weighted by atomic mass is 35.5. The Hall–Kier alpha value is -2.73. The van der Waals surface area contributed by atoms with Crippen LogP contribution in [0, 0.1) is 0 Å². The summed E-state index contributed by atoms with van der Waals surface area (Å²) < 4.78 is 7.82. The van der Waals surface area contributed by atoms with E-state index in [1.807, 2.05) is 62.1 Å². The van der Waals surface area contributed by atoms with E-state index >= 15 is 0 Å². The summed E-state index contributed by atoms with van der Waals surface area (Å²) >= 11 is 6.21. The van der Waals surface area contributed by atoms with Crippen LogP contribution in [0.25, 0.3) is 11.0 Å². The first-order valence-corrected chi connectivity index (χ1v) is 11.6. The zero-order valence-corrected chi connectivity index (χ0v) is 19.7. The van der Waals surface area contributed by atoms with Gasteiger partial charge in [-0.2, -0.15) is 0 Å². The minimum atomic E-state index is -0.503. The lowest BCUT2D eigenvalue weighted by atomic mass is 10.0. The van der Waals surface area contributed by atoms with Crippen molar-refractivity contribution < 1.29 is 9.53 Å². The molecule has 2 aromatic carbocycles. The van der Waals surface area contributed by atoms with E-state index in [4.69, 9.17) is 21.3 Å². The molecule has 1 fully saturated rings. The van der Waals surface area contributed by atoms with Gasteiger partial charge >= 0.3 is 6.09 Å². The molecule has 0 bridgehead atoms. The van der Waals surface area contributed by atoms with Gasteiger partial charge in [-0.05, 0) is 69.9 Å². The summed E-state index contributed by atoms with van der Waals surface area (Å²) in [6, 6.07) is 16.1. The number of rotatable bonds is 5. The molecule has 1 aromatic heterocycles. The predicted molar refractivity (Wildman–Crippen MR) is 129 cm³/mol. The Morgan fingerprint density at radius 2 is 2.00 bits per heavy atom. The van der Waals surface area contributed by atoms with E-state index in [1.54, 1.807) is 0 Å². The highest BCUT2D eigenvalue weighted by Crippen LogP contribution is 2.24. The normalized spacial score (nSPS) is 16.9. The first kappa shape index (κ1) is 22.5. The van der Waals surface area contributed by atoms with Crippen LogP contribution in [0.15, 0.2) is 48.5 Å². The van der Waals surface area contributed by atoms with Crippen molar-refractivity contribution >= 4 is 34.7 Å². The summed E-state index contributed by atoms with van der Waals surface area (Å²) in [7, 11) is 0. The molecular formula is C25H31ClN4O2. The van der Waals surface area contributed by atoms with Gasteiger partial charge < -0.3 is 19.5 Å². The summed E-state index contributed by atoms with van der Waals surface area (Å²) in [6.45, 7) is 7.71. The number of amides is 1. The maximum Gasteiger partial charge on any atom is 0.410 e. The number of nitrogens with zero attached hydrogens (tertiary/aromatic N) is 3. The molecule has 170 valence electrons. The first-order chi connectivity index (χ1) is 15.3. The van der Waals surface area contributed by atoms with Crippen molar-refractivity contribution in [2.24, 2.45) is 0 Å². The second-order valence-electron chi connectivity index (χ2n) is 9.34. The van der Waals surface area contributed by atoms with Crippen molar-refractivity contribution in [2.45, 2.75) is 58.2 Å². The number of likely N-dealkylation sites (tertiary alicyclic amines) is 1. The quantitative estimate of drug-likeness (QED) is 0.518. The number of piperidine rings is 1. The minimum Gasteiger partial charge on any atom is -0.444 e. The van der Waals surface area contributed by atoms with E-state index in [0.29, 0.717) is 13.1 Å². The average molecular weight is 455 g/mol. The van der Waals surface area contributed by atoms with Gasteiger partial charge in [-0.15, -0.1) is 0 Å². The van der Waals surface area contributed by atoms with E-state index in [0.717, 1.165) is 53.4 Å². The molecule has 0 saturated carbocycles. The highest BCUT2D eigenvalue weighted by Gasteiger charge is 2.30. The fraction of sp³-hybridized carbons (Fsp3) is 0.440. The number of halogens is 1. The Morgan fingerprint density at radius 3 is 2.78 bits per heavy atom. The third-order valence-corrected chi connectivity index (χ3v) is 5.87. The Labute approximate surface area is 194 Å². The summed E-state index contributed by atoms with van der Waals surface area (Å²) in [4.78, 5) is 19.5. The van der Waals surface area contributed by atoms with Gasteiger partial charge in [0, 0.05) is 18.1 Å². The molecule has 0 aliphatic carbocycles. The van der Waals surface area contributed by atoms with Crippen LogP contribution in [-0.2, 0) is 11.3 Å². The second kappa shape index (κ2) is 9.41. The van der Waals surface area contributed by atoms with Gasteiger partial charge in [0.1, 0.15) is 5.60 Å². The number of carbonyl (C=O) groups excluding carboxylic acids is 1. The minimum absolute atomic E-state index is 0.0676. The smallest absolute Gasteiger partial charge is 0.410 e. The number of nitrogens with one attached hydrogen (secondary N) is 1. The molecule has 1 aliphatic rings. The lowest BCUT2D eigenvalue weighted by Gasteiger charge is -2.36. The Bertz CT molecular complexity index is 1090. The van der Waals surface area contributed by atoms with Crippen molar-refractivity contribution in [3.8, 4) is 0 Å². The zero-order valence-electron chi connectivity index (χ0n) is 19.0. The molecule has 1 N–H and O–H groups in total. The van der Waals surface area contributed by atoms with Crippen molar-refractivity contribution in [1.82, 2.24) is 14.5 Å². The molecule has 1 atom stereocenters.